The van der Waals surface area contributed by atoms with E-state index in [1.807, 2.05) is 6.26 Å². The van der Waals surface area contributed by atoms with Gasteiger partial charge in [-0.2, -0.15) is 0 Å². The molecule has 2 aromatic rings. The Labute approximate surface area is 151 Å². The normalized spacial score (nSPS) is 10.8. The summed E-state index contributed by atoms with van der Waals surface area (Å²) in [6.45, 7) is 0. The van der Waals surface area contributed by atoms with Gasteiger partial charge in [0.2, 0.25) is 0 Å². The Kier molecular flexibility index (Phi) is 7.57. The van der Waals surface area contributed by atoms with Crippen LogP contribution in [0.1, 0.15) is 0 Å². The van der Waals surface area contributed by atoms with Crippen LogP contribution in [0.25, 0.3) is 0 Å². The van der Waals surface area contributed by atoms with Gasteiger partial charge in [0.15, 0.2) is 30.4 Å². The first kappa shape index (κ1) is 19.7. The SMILES string of the molecule is CS(=O)(=O)c1cc(Cl)nnc1Cl.CSc1cc(Cl)nnc1Cl. The summed E-state index contributed by atoms with van der Waals surface area (Å²) < 4.78 is 22.0. The van der Waals surface area contributed by atoms with Gasteiger partial charge in [-0.1, -0.05) is 46.4 Å². The third-order valence-electron chi connectivity index (χ3n) is 1.99. The molecule has 0 spiro atoms. The van der Waals surface area contributed by atoms with E-state index in [1.54, 1.807) is 6.07 Å². The molecule has 2 aromatic heterocycles. The Hall–Kier alpha value is -0.380. The summed E-state index contributed by atoms with van der Waals surface area (Å²) >= 11 is 23.6. The zero-order valence-electron chi connectivity index (χ0n) is 11.1. The number of aromatic nitrogens is 4. The van der Waals surface area contributed by atoms with E-state index >= 15 is 0 Å². The maximum Gasteiger partial charge on any atom is 0.178 e. The van der Waals surface area contributed by atoms with E-state index in [-0.39, 0.29) is 15.2 Å². The van der Waals surface area contributed by atoms with Gasteiger partial charge in [-0.25, -0.2) is 8.42 Å². The number of nitrogens with zero attached hydrogens (tertiary/aromatic N) is 4. The van der Waals surface area contributed by atoms with Crippen LogP contribution in [0.4, 0.5) is 0 Å². The maximum absolute atomic E-state index is 11.0. The van der Waals surface area contributed by atoms with Crippen LogP contribution >= 0.6 is 58.2 Å². The van der Waals surface area contributed by atoms with Crippen LogP contribution in [0.5, 0.6) is 0 Å². The van der Waals surface area contributed by atoms with Gasteiger partial charge >= 0.3 is 0 Å². The summed E-state index contributed by atoms with van der Waals surface area (Å²) in [7, 11) is -3.37. The second-order valence-corrected chi connectivity index (χ2v) is 7.94. The molecule has 0 radical (unpaired) electrons. The molecule has 6 nitrogen and oxygen atoms in total. The second-order valence-electron chi connectivity index (χ2n) is 3.62. The third kappa shape index (κ3) is 6.02. The Balaban J connectivity index is 0.000000224. The molecule has 0 unspecified atom stereocenters. The fourth-order valence-electron chi connectivity index (χ4n) is 1.08. The Morgan fingerprint density at radius 3 is 1.82 bits per heavy atom. The molecular formula is C10H8Cl4N4O2S2. The van der Waals surface area contributed by atoms with Crippen molar-refractivity contribution in [3.63, 3.8) is 0 Å². The lowest BCUT2D eigenvalue weighted by Gasteiger charge is -1.98. The lowest BCUT2D eigenvalue weighted by Crippen LogP contribution is -2.00. The summed E-state index contributed by atoms with van der Waals surface area (Å²) in [6, 6.07) is 2.84. The van der Waals surface area contributed by atoms with E-state index in [4.69, 9.17) is 46.4 Å². The number of rotatable bonds is 2. The second kappa shape index (κ2) is 8.47. The van der Waals surface area contributed by atoms with E-state index in [2.05, 4.69) is 20.4 Å². The lowest BCUT2D eigenvalue weighted by molar-refractivity contribution is 0.601. The van der Waals surface area contributed by atoms with Crippen molar-refractivity contribution in [2.45, 2.75) is 9.79 Å². The molecule has 0 saturated heterocycles. The van der Waals surface area contributed by atoms with Gasteiger partial charge in [-0.3, -0.25) is 0 Å². The molecule has 0 amide bonds. The van der Waals surface area contributed by atoms with Crippen molar-refractivity contribution in [3.8, 4) is 0 Å². The number of hydrogen-bond acceptors (Lipinski definition) is 7. The van der Waals surface area contributed by atoms with Crippen molar-refractivity contribution < 1.29 is 8.42 Å². The predicted octanol–water partition coefficient (Wildman–Crippen LogP) is 3.69. The van der Waals surface area contributed by atoms with Gasteiger partial charge in [0, 0.05) is 11.2 Å². The molecule has 120 valence electrons. The highest BCUT2D eigenvalue weighted by molar-refractivity contribution is 7.98. The van der Waals surface area contributed by atoms with Gasteiger partial charge in [0.25, 0.3) is 0 Å². The summed E-state index contributed by atoms with van der Waals surface area (Å²) in [5.41, 5.74) is 0. The predicted molar refractivity (Wildman–Crippen MR) is 89.0 cm³/mol. The zero-order valence-corrected chi connectivity index (χ0v) is 15.7. The molecule has 0 aliphatic heterocycles. The van der Waals surface area contributed by atoms with Crippen molar-refractivity contribution in [3.05, 3.63) is 32.7 Å². The molecule has 22 heavy (non-hydrogen) atoms. The number of sulfone groups is 1. The largest absolute Gasteiger partial charge is 0.224 e. The fraction of sp³-hybridized carbons (Fsp3) is 0.200. The molecule has 0 fully saturated rings. The average molecular weight is 422 g/mol. The lowest BCUT2D eigenvalue weighted by atomic mass is 10.6. The van der Waals surface area contributed by atoms with Gasteiger partial charge in [0.1, 0.15) is 4.90 Å². The van der Waals surface area contributed by atoms with E-state index in [0.29, 0.717) is 10.3 Å². The van der Waals surface area contributed by atoms with Gasteiger partial charge in [0.05, 0.1) is 0 Å². The van der Waals surface area contributed by atoms with Crippen molar-refractivity contribution >= 4 is 68.0 Å². The molecule has 0 aromatic carbocycles. The van der Waals surface area contributed by atoms with Crippen LogP contribution < -0.4 is 0 Å². The van der Waals surface area contributed by atoms with E-state index in [0.717, 1.165) is 17.2 Å². The Bertz CT molecular complexity index is 774. The smallest absolute Gasteiger partial charge is 0.178 e. The molecule has 0 atom stereocenters. The highest BCUT2D eigenvalue weighted by atomic mass is 35.5. The van der Waals surface area contributed by atoms with Crippen LogP contribution in [0, 0.1) is 0 Å². The summed E-state index contributed by atoms with van der Waals surface area (Å²) in [4.78, 5) is 0.742. The fourth-order valence-corrected chi connectivity index (χ4v) is 3.45. The molecule has 2 heterocycles. The first-order chi connectivity index (χ1) is 10.1. The van der Waals surface area contributed by atoms with E-state index < -0.39 is 9.84 Å². The molecule has 0 saturated carbocycles. The first-order valence-corrected chi connectivity index (χ1v) is 9.89. The summed E-state index contributed by atoms with van der Waals surface area (Å²) in [6.07, 6.45) is 2.92. The average Bonchev–Trinajstić information content (AvgIpc) is 2.43. The van der Waals surface area contributed by atoms with Crippen molar-refractivity contribution in [1.29, 1.82) is 0 Å². The van der Waals surface area contributed by atoms with E-state index in [9.17, 15) is 8.42 Å². The van der Waals surface area contributed by atoms with Crippen LogP contribution in [-0.2, 0) is 9.84 Å². The maximum atomic E-state index is 11.0. The van der Waals surface area contributed by atoms with Crippen LogP contribution in [0.2, 0.25) is 20.6 Å². The number of hydrogen-bond donors (Lipinski definition) is 0. The topological polar surface area (TPSA) is 85.7 Å². The quantitative estimate of drug-likeness (QED) is 0.683. The molecule has 2 rings (SSSR count). The standard InChI is InChI=1S/C5H4Cl2N2O2S.C5H4Cl2N2S/c1-12(10,11)3-2-4(6)8-9-5(3)7;1-10-3-2-4(6)8-9-5(3)7/h2H,1H3;2H,1H3. The molecule has 0 aliphatic carbocycles. The van der Waals surface area contributed by atoms with Crippen LogP contribution in [0.15, 0.2) is 21.9 Å². The number of thioether (sulfide) groups is 1. The zero-order chi connectivity index (χ0) is 16.9. The molecule has 0 N–H and O–H groups in total. The minimum atomic E-state index is -3.37. The van der Waals surface area contributed by atoms with Crippen molar-refractivity contribution in [2.24, 2.45) is 0 Å². The minimum absolute atomic E-state index is 0.000162. The summed E-state index contributed by atoms with van der Waals surface area (Å²) in [5.74, 6) is 0. The van der Waals surface area contributed by atoms with Gasteiger partial charge in [-0.05, 0) is 18.4 Å². The van der Waals surface area contributed by atoms with Gasteiger partial charge in [-0.15, -0.1) is 32.2 Å². The van der Waals surface area contributed by atoms with Crippen LogP contribution in [-0.4, -0.2) is 41.3 Å². The monoisotopic (exact) mass is 420 g/mol. The highest BCUT2D eigenvalue weighted by Gasteiger charge is 2.14. The minimum Gasteiger partial charge on any atom is -0.224 e. The van der Waals surface area contributed by atoms with Gasteiger partial charge < -0.3 is 0 Å². The molecule has 12 heteroatoms. The molecule has 0 aliphatic rings. The highest BCUT2D eigenvalue weighted by Crippen LogP contribution is 2.24. The van der Waals surface area contributed by atoms with E-state index in [1.165, 1.54) is 11.8 Å². The Morgan fingerprint density at radius 1 is 0.909 bits per heavy atom. The summed E-state index contributed by atoms with van der Waals surface area (Å²) in [5, 5.41) is 14.5. The first-order valence-electron chi connectivity index (χ1n) is 5.26. The van der Waals surface area contributed by atoms with Crippen molar-refractivity contribution in [1.82, 2.24) is 20.4 Å². The van der Waals surface area contributed by atoms with Crippen molar-refractivity contribution in [2.75, 3.05) is 12.5 Å². The van der Waals surface area contributed by atoms with Crippen LogP contribution in [0.3, 0.4) is 0 Å². The molecule has 0 bridgehead atoms. The Morgan fingerprint density at radius 2 is 1.41 bits per heavy atom. The third-order valence-corrected chi connectivity index (χ3v) is 5.01. The molecular weight excluding hydrogens is 414 g/mol. The number of halogens is 4.